The van der Waals surface area contributed by atoms with Gasteiger partial charge in [-0.1, -0.05) is 12.1 Å². The summed E-state index contributed by atoms with van der Waals surface area (Å²) < 4.78 is 26.0. The predicted molar refractivity (Wildman–Crippen MR) is 56.7 cm³/mol. The Balaban J connectivity index is 2.48. The summed E-state index contributed by atoms with van der Waals surface area (Å²) in [4.78, 5) is 11.2. The minimum atomic E-state index is -0.889. The van der Waals surface area contributed by atoms with Crippen LogP contribution in [0.5, 0.6) is 0 Å². The van der Waals surface area contributed by atoms with Gasteiger partial charge in [0.2, 0.25) is 5.91 Å². The number of rotatable bonds is 5. The maximum Gasteiger partial charge on any atom is 0.220 e. The van der Waals surface area contributed by atoms with Crippen molar-refractivity contribution in [2.75, 3.05) is 13.1 Å². The Kier molecular flexibility index (Phi) is 4.85. The highest BCUT2D eigenvalue weighted by atomic mass is 19.2. The lowest BCUT2D eigenvalue weighted by atomic mass is 10.1. The molecule has 16 heavy (non-hydrogen) atoms. The molecule has 1 amide bonds. The summed E-state index contributed by atoms with van der Waals surface area (Å²) in [6.07, 6.45) is 0.306. The van der Waals surface area contributed by atoms with Gasteiger partial charge in [0.25, 0.3) is 0 Å². The van der Waals surface area contributed by atoms with Gasteiger partial charge in [-0.15, -0.1) is 0 Å². The monoisotopic (exact) mass is 228 g/mol. The molecule has 3 nitrogen and oxygen atoms in total. The Labute approximate surface area is 92.6 Å². The van der Waals surface area contributed by atoms with E-state index in [1.807, 2.05) is 0 Å². The molecule has 0 bridgehead atoms. The molecule has 0 fully saturated rings. The van der Waals surface area contributed by atoms with Gasteiger partial charge >= 0.3 is 0 Å². The summed E-state index contributed by atoms with van der Waals surface area (Å²) in [6.45, 7) is 0.754. The van der Waals surface area contributed by atoms with Gasteiger partial charge in [-0.05, 0) is 18.1 Å². The molecule has 0 atom stereocenters. The maximum absolute atomic E-state index is 13.2. The van der Waals surface area contributed by atoms with E-state index in [0.717, 1.165) is 6.07 Å². The van der Waals surface area contributed by atoms with E-state index in [0.29, 0.717) is 13.1 Å². The first-order valence-electron chi connectivity index (χ1n) is 5.05. The summed E-state index contributed by atoms with van der Waals surface area (Å²) in [5, 5.41) is 2.56. The quantitative estimate of drug-likeness (QED) is 0.789. The van der Waals surface area contributed by atoms with Crippen LogP contribution in [0.1, 0.15) is 12.0 Å². The average molecular weight is 228 g/mol. The van der Waals surface area contributed by atoms with Gasteiger partial charge in [-0.25, -0.2) is 8.78 Å². The molecule has 0 saturated heterocycles. The standard InChI is InChI=1S/C11H14F2N2O/c12-9-3-1-2-8(11(9)13)4-5-10(16)15-7-6-14/h1-3H,4-7,14H2,(H,15,16). The summed E-state index contributed by atoms with van der Waals surface area (Å²) in [6, 6.07) is 3.94. The number of carbonyl (C=O) groups is 1. The second-order valence-corrected chi connectivity index (χ2v) is 3.35. The highest BCUT2D eigenvalue weighted by molar-refractivity contribution is 5.76. The van der Waals surface area contributed by atoms with Crippen molar-refractivity contribution >= 4 is 5.91 Å². The molecule has 3 N–H and O–H groups in total. The van der Waals surface area contributed by atoms with Crippen molar-refractivity contribution in [3.05, 3.63) is 35.4 Å². The van der Waals surface area contributed by atoms with Crippen molar-refractivity contribution in [3.8, 4) is 0 Å². The Morgan fingerprint density at radius 2 is 2.12 bits per heavy atom. The van der Waals surface area contributed by atoms with Gasteiger partial charge in [0, 0.05) is 19.5 Å². The highest BCUT2D eigenvalue weighted by Crippen LogP contribution is 2.12. The fourth-order valence-corrected chi connectivity index (χ4v) is 1.29. The van der Waals surface area contributed by atoms with Crippen molar-refractivity contribution < 1.29 is 13.6 Å². The van der Waals surface area contributed by atoms with Crippen LogP contribution < -0.4 is 11.1 Å². The maximum atomic E-state index is 13.2. The average Bonchev–Trinajstić information content (AvgIpc) is 2.28. The first-order valence-corrected chi connectivity index (χ1v) is 5.05. The van der Waals surface area contributed by atoms with E-state index in [-0.39, 0.29) is 24.3 Å². The molecule has 0 saturated carbocycles. The summed E-state index contributed by atoms with van der Waals surface area (Å²) in [5.41, 5.74) is 5.41. The summed E-state index contributed by atoms with van der Waals surface area (Å²) in [7, 11) is 0. The number of hydrogen-bond donors (Lipinski definition) is 2. The fourth-order valence-electron chi connectivity index (χ4n) is 1.29. The number of nitrogens with one attached hydrogen (secondary N) is 1. The zero-order chi connectivity index (χ0) is 12.0. The van der Waals surface area contributed by atoms with Crippen molar-refractivity contribution in [3.63, 3.8) is 0 Å². The van der Waals surface area contributed by atoms with Gasteiger partial charge < -0.3 is 11.1 Å². The number of amides is 1. The molecule has 0 heterocycles. The molecule has 5 heteroatoms. The van der Waals surface area contributed by atoms with Gasteiger partial charge in [0.05, 0.1) is 0 Å². The van der Waals surface area contributed by atoms with Crippen molar-refractivity contribution in [2.45, 2.75) is 12.8 Å². The largest absolute Gasteiger partial charge is 0.355 e. The van der Waals surface area contributed by atoms with E-state index < -0.39 is 11.6 Å². The third-order valence-electron chi connectivity index (χ3n) is 2.12. The van der Waals surface area contributed by atoms with Crippen LogP contribution in [0.3, 0.4) is 0 Å². The molecule has 1 aromatic carbocycles. The van der Waals surface area contributed by atoms with Crippen LogP contribution in [0.2, 0.25) is 0 Å². The highest BCUT2D eigenvalue weighted by Gasteiger charge is 2.09. The summed E-state index contributed by atoms with van der Waals surface area (Å²) in [5.74, 6) is -1.98. The molecule has 1 rings (SSSR count). The van der Waals surface area contributed by atoms with Gasteiger partial charge in [-0.2, -0.15) is 0 Å². The molecular formula is C11H14F2N2O. The number of hydrogen-bond acceptors (Lipinski definition) is 2. The van der Waals surface area contributed by atoms with Gasteiger partial charge in [-0.3, -0.25) is 4.79 Å². The molecule has 1 aromatic rings. The molecule has 0 unspecified atom stereocenters. The second kappa shape index (κ2) is 6.17. The van der Waals surface area contributed by atoms with Crippen LogP contribution in [0.4, 0.5) is 8.78 Å². The van der Waals surface area contributed by atoms with Crippen molar-refractivity contribution in [1.29, 1.82) is 0 Å². The number of halogens is 2. The van der Waals surface area contributed by atoms with Crippen LogP contribution in [0.25, 0.3) is 0 Å². The Hall–Kier alpha value is -1.49. The lowest BCUT2D eigenvalue weighted by Gasteiger charge is -2.04. The van der Waals surface area contributed by atoms with Crippen molar-refractivity contribution in [1.82, 2.24) is 5.32 Å². The minimum absolute atomic E-state index is 0.125. The fraction of sp³-hybridized carbons (Fsp3) is 0.364. The molecular weight excluding hydrogens is 214 g/mol. The molecule has 0 aliphatic rings. The lowest BCUT2D eigenvalue weighted by Crippen LogP contribution is -2.29. The third-order valence-corrected chi connectivity index (χ3v) is 2.12. The first-order chi connectivity index (χ1) is 7.65. The smallest absolute Gasteiger partial charge is 0.220 e. The van der Waals surface area contributed by atoms with Gasteiger partial charge in [0.1, 0.15) is 0 Å². The van der Waals surface area contributed by atoms with E-state index in [4.69, 9.17) is 5.73 Å². The Morgan fingerprint density at radius 3 is 2.81 bits per heavy atom. The van der Waals surface area contributed by atoms with E-state index in [9.17, 15) is 13.6 Å². The van der Waals surface area contributed by atoms with E-state index in [2.05, 4.69) is 5.32 Å². The summed E-state index contributed by atoms with van der Waals surface area (Å²) >= 11 is 0. The van der Waals surface area contributed by atoms with Gasteiger partial charge in [0.15, 0.2) is 11.6 Å². The van der Waals surface area contributed by atoms with Crippen LogP contribution in [-0.4, -0.2) is 19.0 Å². The first kappa shape index (κ1) is 12.6. The third kappa shape index (κ3) is 3.58. The van der Waals surface area contributed by atoms with E-state index in [1.165, 1.54) is 12.1 Å². The number of carbonyl (C=O) groups excluding carboxylic acids is 1. The Bertz CT molecular complexity index is 369. The van der Waals surface area contributed by atoms with E-state index in [1.54, 1.807) is 0 Å². The van der Waals surface area contributed by atoms with Crippen LogP contribution in [-0.2, 0) is 11.2 Å². The topological polar surface area (TPSA) is 55.1 Å². The lowest BCUT2D eigenvalue weighted by molar-refractivity contribution is -0.121. The number of nitrogens with two attached hydrogens (primary N) is 1. The predicted octanol–water partition coefficient (Wildman–Crippen LogP) is 0.972. The molecule has 0 radical (unpaired) electrons. The zero-order valence-corrected chi connectivity index (χ0v) is 8.80. The van der Waals surface area contributed by atoms with Crippen LogP contribution in [0.15, 0.2) is 18.2 Å². The molecule has 0 aliphatic carbocycles. The molecule has 88 valence electrons. The minimum Gasteiger partial charge on any atom is -0.355 e. The Morgan fingerprint density at radius 1 is 1.38 bits per heavy atom. The number of benzene rings is 1. The normalized spacial score (nSPS) is 10.2. The number of aryl methyl sites for hydroxylation is 1. The zero-order valence-electron chi connectivity index (χ0n) is 8.80. The van der Waals surface area contributed by atoms with Crippen LogP contribution in [0, 0.1) is 11.6 Å². The molecule has 0 aromatic heterocycles. The molecule has 0 spiro atoms. The second-order valence-electron chi connectivity index (χ2n) is 3.35. The molecule has 0 aliphatic heterocycles. The van der Waals surface area contributed by atoms with Crippen LogP contribution >= 0.6 is 0 Å². The van der Waals surface area contributed by atoms with Crippen molar-refractivity contribution in [2.24, 2.45) is 5.73 Å². The SMILES string of the molecule is NCCNC(=O)CCc1cccc(F)c1F. The van der Waals surface area contributed by atoms with E-state index >= 15 is 0 Å².